The maximum Gasteiger partial charge on any atom is 0.272 e. The van der Waals surface area contributed by atoms with Gasteiger partial charge in [-0.1, -0.05) is 6.07 Å². The molecule has 0 amide bonds. The summed E-state index contributed by atoms with van der Waals surface area (Å²) in [6, 6.07) is 2.94. The molecule has 0 bridgehead atoms. The second-order valence-electron chi connectivity index (χ2n) is 7.21. The van der Waals surface area contributed by atoms with Gasteiger partial charge in [0.2, 0.25) is 0 Å². The van der Waals surface area contributed by atoms with Crippen LogP contribution < -0.4 is 16.0 Å². The highest BCUT2D eigenvalue weighted by molar-refractivity contribution is 6.10. The summed E-state index contributed by atoms with van der Waals surface area (Å²) < 4.78 is 20.2. The van der Waals surface area contributed by atoms with Crippen LogP contribution in [0.1, 0.15) is 18.5 Å². The monoisotopic (exact) mass is 379 g/mol. The number of aromatic nitrogens is 4. The lowest BCUT2D eigenvalue weighted by atomic mass is 9.96. The molecule has 4 aromatic rings. The van der Waals surface area contributed by atoms with Gasteiger partial charge < -0.3 is 15.5 Å². The quantitative estimate of drug-likeness (QED) is 0.504. The molecule has 28 heavy (non-hydrogen) atoms. The van der Waals surface area contributed by atoms with Crippen molar-refractivity contribution in [2.75, 3.05) is 12.3 Å². The topological polar surface area (TPSA) is 110 Å². The van der Waals surface area contributed by atoms with Gasteiger partial charge in [-0.3, -0.25) is 14.9 Å². The molecule has 0 saturated heterocycles. The Morgan fingerprint density at radius 3 is 2.89 bits per heavy atom. The van der Waals surface area contributed by atoms with Gasteiger partial charge in [0, 0.05) is 10.9 Å². The zero-order valence-corrected chi connectivity index (χ0v) is 15.2. The molecule has 3 aromatic heterocycles. The van der Waals surface area contributed by atoms with Crippen molar-refractivity contribution in [2.24, 2.45) is 5.92 Å². The van der Waals surface area contributed by atoms with Gasteiger partial charge in [-0.05, 0) is 37.3 Å². The predicted molar refractivity (Wildman–Crippen MR) is 105 cm³/mol. The maximum atomic E-state index is 14.2. The molecule has 0 aliphatic heterocycles. The van der Waals surface area contributed by atoms with E-state index in [1.54, 1.807) is 19.2 Å². The third-order valence-electron chi connectivity index (χ3n) is 5.24. The smallest absolute Gasteiger partial charge is 0.272 e. The van der Waals surface area contributed by atoms with Crippen molar-refractivity contribution in [1.29, 1.82) is 0 Å². The van der Waals surface area contributed by atoms with Crippen LogP contribution in [0.4, 0.5) is 10.1 Å². The zero-order chi connectivity index (χ0) is 19.4. The van der Waals surface area contributed by atoms with Crippen molar-refractivity contribution in [2.45, 2.75) is 19.8 Å². The number of ether oxygens (including phenoxy) is 1. The summed E-state index contributed by atoms with van der Waals surface area (Å²) in [5.74, 6) is 0.671. The summed E-state index contributed by atoms with van der Waals surface area (Å²) in [6.07, 6.45) is 5.48. The summed E-state index contributed by atoms with van der Waals surface area (Å²) in [5.41, 5.74) is 8.43. The van der Waals surface area contributed by atoms with Gasteiger partial charge in [0.15, 0.2) is 0 Å². The Morgan fingerprint density at radius 2 is 2.11 bits per heavy atom. The number of nitrogens with two attached hydrogens (primary N) is 1. The SMILES string of the molecule is Cc1ncc(OCC2CC2)c2c(-c3ccc(F)c4[nH]ncc34)c(N)c(=O)[nH]c12. The summed E-state index contributed by atoms with van der Waals surface area (Å²) in [5, 5.41) is 7.82. The molecule has 3 heterocycles. The zero-order valence-electron chi connectivity index (χ0n) is 15.2. The van der Waals surface area contributed by atoms with Crippen LogP contribution in [0.25, 0.3) is 32.9 Å². The Labute approximate surface area is 158 Å². The van der Waals surface area contributed by atoms with Gasteiger partial charge in [0.05, 0.1) is 35.6 Å². The van der Waals surface area contributed by atoms with E-state index < -0.39 is 11.4 Å². The molecule has 8 heteroatoms. The molecule has 1 fully saturated rings. The number of hydrogen-bond acceptors (Lipinski definition) is 5. The molecule has 0 atom stereocenters. The lowest BCUT2D eigenvalue weighted by molar-refractivity contribution is 0.302. The van der Waals surface area contributed by atoms with Crippen molar-refractivity contribution < 1.29 is 9.13 Å². The van der Waals surface area contributed by atoms with Gasteiger partial charge in [-0.15, -0.1) is 0 Å². The number of nitrogens with zero attached hydrogens (tertiary/aromatic N) is 2. The second-order valence-corrected chi connectivity index (χ2v) is 7.21. The average molecular weight is 379 g/mol. The van der Waals surface area contributed by atoms with Gasteiger partial charge in [-0.25, -0.2) is 4.39 Å². The van der Waals surface area contributed by atoms with E-state index in [9.17, 15) is 9.18 Å². The van der Waals surface area contributed by atoms with Crippen LogP contribution >= 0.6 is 0 Å². The first-order valence-electron chi connectivity index (χ1n) is 9.10. The fourth-order valence-electron chi connectivity index (χ4n) is 3.52. The summed E-state index contributed by atoms with van der Waals surface area (Å²) in [6.45, 7) is 2.39. The Kier molecular flexibility index (Phi) is 3.61. The molecule has 0 spiro atoms. The van der Waals surface area contributed by atoms with E-state index in [1.165, 1.54) is 12.3 Å². The predicted octanol–water partition coefficient (Wildman–Crippen LogP) is 3.28. The molecule has 1 aliphatic rings. The van der Waals surface area contributed by atoms with Gasteiger partial charge in [0.25, 0.3) is 5.56 Å². The minimum Gasteiger partial charge on any atom is -0.491 e. The lowest BCUT2D eigenvalue weighted by Gasteiger charge is -2.16. The first kappa shape index (κ1) is 16.7. The Balaban J connectivity index is 1.87. The molecule has 7 nitrogen and oxygen atoms in total. The molecular formula is C20H18FN5O2. The van der Waals surface area contributed by atoms with Crippen LogP contribution in [0.3, 0.4) is 0 Å². The van der Waals surface area contributed by atoms with Gasteiger partial charge in [-0.2, -0.15) is 5.10 Å². The van der Waals surface area contributed by atoms with Gasteiger partial charge in [0.1, 0.15) is 22.8 Å². The Hall–Kier alpha value is -3.42. The van der Waals surface area contributed by atoms with Crippen LogP contribution in [0.15, 0.2) is 29.3 Å². The highest BCUT2D eigenvalue weighted by atomic mass is 19.1. The molecule has 1 aromatic carbocycles. The van der Waals surface area contributed by atoms with Crippen LogP contribution in [-0.4, -0.2) is 26.8 Å². The van der Waals surface area contributed by atoms with E-state index in [1.807, 2.05) is 0 Å². The number of pyridine rings is 2. The minimum absolute atomic E-state index is 0.0449. The first-order valence-corrected chi connectivity index (χ1v) is 9.10. The lowest BCUT2D eigenvalue weighted by Crippen LogP contribution is -2.15. The molecule has 0 radical (unpaired) electrons. The summed E-state index contributed by atoms with van der Waals surface area (Å²) in [4.78, 5) is 19.7. The molecule has 142 valence electrons. The maximum absolute atomic E-state index is 14.2. The summed E-state index contributed by atoms with van der Waals surface area (Å²) >= 11 is 0. The molecule has 1 saturated carbocycles. The third-order valence-corrected chi connectivity index (χ3v) is 5.24. The number of aromatic amines is 2. The van der Waals surface area contributed by atoms with Crippen molar-refractivity contribution in [3.05, 3.63) is 46.4 Å². The van der Waals surface area contributed by atoms with Crippen LogP contribution in [0.5, 0.6) is 5.75 Å². The van der Waals surface area contributed by atoms with E-state index >= 15 is 0 Å². The number of fused-ring (bicyclic) bond motifs is 2. The summed E-state index contributed by atoms with van der Waals surface area (Å²) in [7, 11) is 0. The highest BCUT2D eigenvalue weighted by Crippen LogP contribution is 2.41. The van der Waals surface area contributed by atoms with Crippen molar-refractivity contribution >= 4 is 27.5 Å². The number of benzene rings is 1. The van der Waals surface area contributed by atoms with E-state index in [0.717, 1.165) is 12.8 Å². The van der Waals surface area contributed by atoms with Crippen LogP contribution in [-0.2, 0) is 0 Å². The number of nitrogen functional groups attached to an aromatic ring is 1. The Morgan fingerprint density at radius 1 is 1.29 bits per heavy atom. The van der Waals surface area contributed by atoms with Crippen molar-refractivity contribution in [1.82, 2.24) is 20.2 Å². The number of halogens is 1. The van der Waals surface area contributed by atoms with E-state index in [-0.39, 0.29) is 11.2 Å². The van der Waals surface area contributed by atoms with E-state index in [2.05, 4.69) is 20.2 Å². The molecule has 4 N–H and O–H groups in total. The number of H-pyrrole nitrogens is 2. The highest BCUT2D eigenvalue weighted by Gasteiger charge is 2.25. The van der Waals surface area contributed by atoms with Crippen LogP contribution in [0.2, 0.25) is 0 Å². The van der Waals surface area contributed by atoms with Crippen molar-refractivity contribution in [3.63, 3.8) is 0 Å². The number of anilines is 1. The van der Waals surface area contributed by atoms with Crippen LogP contribution in [0, 0.1) is 18.7 Å². The average Bonchev–Trinajstić information content (AvgIpc) is 3.37. The molecule has 5 rings (SSSR count). The van der Waals surface area contributed by atoms with Gasteiger partial charge >= 0.3 is 0 Å². The van der Waals surface area contributed by atoms with E-state index in [0.29, 0.717) is 51.4 Å². The van der Waals surface area contributed by atoms with Crippen molar-refractivity contribution in [3.8, 4) is 16.9 Å². The molecule has 1 aliphatic carbocycles. The Bertz CT molecular complexity index is 1290. The number of nitrogens with one attached hydrogen (secondary N) is 2. The third kappa shape index (κ3) is 2.52. The number of rotatable bonds is 4. The first-order chi connectivity index (χ1) is 13.5. The normalized spacial score (nSPS) is 14.1. The number of hydrogen-bond donors (Lipinski definition) is 3. The minimum atomic E-state index is -0.424. The second kappa shape index (κ2) is 6.05. The number of aryl methyl sites for hydroxylation is 1. The fourth-order valence-corrected chi connectivity index (χ4v) is 3.52. The fraction of sp³-hybridized carbons (Fsp3) is 0.250. The molecule has 0 unspecified atom stereocenters. The van der Waals surface area contributed by atoms with E-state index in [4.69, 9.17) is 10.5 Å². The molecular weight excluding hydrogens is 361 g/mol. The largest absolute Gasteiger partial charge is 0.491 e. The standard InChI is InChI=1S/C20H18FN5O2/c1-9-18-16(14(7-23-9)28-8-10-2-3-10)15(17(22)20(27)25-18)11-4-5-13(21)19-12(11)6-24-26-19/h4-7,10H,2-3,8,22H2,1H3,(H,24,26)(H,25,27).